The van der Waals surface area contributed by atoms with Crippen LogP contribution in [-0.4, -0.2) is 61.0 Å². The van der Waals surface area contributed by atoms with Gasteiger partial charge in [-0.2, -0.15) is 0 Å². The minimum Gasteiger partial charge on any atom is -0.379 e. The third kappa shape index (κ3) is 4.63. The van der Waals surface area contributed by atoms with Gasteiger partial charge in [0.25, 0.3) is 5.91 Å². The molecule has 0 aromatic heterocycles. The van der Waals surface area contributed by atoms with Gasteiger partial charge >= 0.3 is 0 Å². The van der Waals surface area contributed by atoms with Crippen LogP contribution in [0.1, 0.15) is 53.3 Å². The Balaban J connectivity index is 1.53. The van der Waals surface area contributed by atoms with Gasteiger partial charge in [-0.3, -0.25) is 24.1 Å². The van der Waals surface area contributed by atoms with Gasteiger partial charge in [-0.1, -0.05) is 48.0 Å². The van der Waals surface area contributed by atoms with Gasteiger partial charge in [0.15, 0.2) is 17.3 Å². The van der Waals surface area contributed by atoms with Crippen molar-refractivity contribution in [2.45, 2.75) is 13.3 Å². The molecule has 0 saturated carbocycles. The summed E-state index contributed by atoms with van der Waals surface area (Å²) in [4.78, 5) is 55.0. The Bertz CT molecular complexity index is 1370. The molecule has 5 rings (SSSR count). The lowest BCUT2D eigenvalue weighted by Crippen LogP contribution is -2.40. The molecule has 7 heteroatoms. The summed E-state index contributed by atoms with van der Waals surface area (Å²) < 4.78 is 5.35. The third-order valence-electron chi connectivity index (χ3n) is 6.62. The number of nitrogens with one attached hydrogen (secondary N) is 1. The van der Waals surface area contributed by atoms with E-state index in [4.69, 9.17) is 4.74 Å². The molecule has 1 fully saturated rings. The van der Waals surface area contributed by atoms with Gasteiger partial charge in [0.1, 0.15) is 0 Å². The smallest absolute Gasteiger partial charge is 0.255 e. The Kier molecular flexibility index (Phi) is 6.59. The minimum atomic E-state index is -0.413. The Labute approximate surface area is 209 Å². The number of fused-ring (bicyclic) bond motifs is 2. The molecule has 182 valence electrons. The molecule has 0 atom stereocenters. The molecular formula is C29H26N2O5. The van der Waals surface area contributed by atoms with Crippen molar-refractivity contribution in [3.63, 3.8) is 0 Å². The van der Waals surface area contributed by atoms with Gasteiger partial charge in [0, 0.05) is 41.8 Å². The lowest BCUT2D eigenvalue weighted by Gasteiger charge is -2.26. The van der Waals surface area contributed by atoms with E-state index in [1.54, 1.807) is 48.5 Å². The average Bonchev–Trinajstić information content (AvgIpc) is 2.89. The summed E-state index contributed by atoms with van der Waals surface area (Å²) in [6, 6.07) is 17.0. The molecule has 0 unspecified atom stereocenters. The van der Waals surface area contributed by atoms with E-state index in [1.807, 2.05) is 24.0 Å². The number of Topliss-reactive ketones (excluding diaryl/α,β-unsaturated/α-hetero) is 1. The quantitative estimate of drug-likeness (QED) is 0.453. The van der Waals surface area contributed by atoms with E-state index in [0.717, 1.165) is 5.56 Å². The van der Waals surface area contributed by atoms with Crippen LogP contribution in [0.3, 0.4) is 0 Å². The number of anilines is 1. The van der Waals surface area contributed by atoms with Crippen molar-refractivity contribution < 1.29 is 23.9 Å². The summed E-state index contributed by atoms with van der Waals surface area (Å²) >= 11 is 0. The number of benzene rings is 3. The third-order valence-corrected chi connectivity index (χ3v) is 6.62. The SMILES string of the molecule is Cc1ccc(C(=O)Nc2c(CC(=O)CN3CCOCC3)ccc3c2C(=O)c2ccccc2C3=O)cc1. The highest BCUT2D eigenvalue weighted by atomic mass is 16.5. The van der Waals surface area contributed by atoms with Crippen LogP contribution in [0, 0.1) is 6.92 Å². The van der Waals surface area contributed by atoms with Crippen LogP contribution in [0.15, 0.2) is 60.7 Å². The standard InChI is InChI=1S/C29H26N2O5/c1-18-6-8-19(9-7-18)29(35)30-26-20(16-21(32)17-31-12-14-36-15-13-31)10-11-24-25(26)28(34)23-5-3-2-4-22(23)27(24)33/h2-11H,12-17H2,1H3,(H,30,35). The van der Waals surface area contributed by atoms with Crippen molar-refractivity contribution in [2.75, 3.05) is 38.2 Å². The summed E-state index contributed by atoms with van der Waals surface area (Å²) in [5.41, 5.74) is 3.14. The largest absolute Gasteiger partial charge is 0.379 e. The Hall–Kier alpha value is -3.94. The number of amides is 1. The molecule has 7 nitrogen and oxygen atoms in total. The van der Waals surface area contributed by atoms with Crippen LogP contribution < -0.4 is 5.32 Å². The molecule has 0 radical (unpaired) electrons. The maximum Gasteiger partial charge on any atom is 0.255 e. The van der Waals surface area contributed by atoms with E-state index in [9.17, 15) is 19.2 Å². The van der Waals surface area contributed by atoms with Gasteiger partial charge < -0.3 is 10.1 Å². The maximum absolute atomic E-state index is 13.6. The van der Waals surface area contributed by atoms with Crippen LogP contribution in [0.5, 0.6) is 0 Å². The zero-order valence-electron chi connectivity index (χ0n) is 20.0. The van der Waals surface area contributed by atoms with Gasteiger partial charge in [-0.15, -0.1) is 0 Å². The highest BCUT2D eigenvalue weighted by Crippen LogP contribution is 2.35. The summed E-state index contributed by atoms with van der Waals surface area (Å²) in [5, 5.41) is 2.87. The number of hydrogen-bond acceptors (Lipinski definition) is 6. The van der Waals surface area contributed by atoms with Crippen LogP contribution in [0.2, 0.25) is 0 Å². The molecule has 2 aliphatic rings. The monoisotopic (exact) mass is 482 g/mol. The van der Waals surface area contributed by atoms with Crippen molar-refractivity contribution in [3.8, 4) is 0 Å². The zero-order chi connectivity index (χ0) is 25.2. The fourth-order valence-corrected chi connectivity index (χ4v) is 4.69. The number of morpholine rings is 1. The van der Waals surface area contributed by atoms with E-state index in [2.05, 4.69) is 5.32 Å². The molecule has 3 aromatic rings. The summed E-state index contributed by atoms with van der Waals surface area (Å²) in [5.74, 6) is -1.08. The second kappa shape index (κ2) is 9.97. The Morgan fingerprint density at radius 1 is 0.861 bits per heavy atom. The maximum atomic E-state index is 13.6. The number of carbonyl (C=O) groups is 4. The average molecular weight is 483 g/mol. The minimum absolute atomic E-state index is 0.0251. The highest BCUT2D eigenvalue weighted by Gasteiger charge is 2.33. The number of ether oxygens (including phenoxy) is 1. The van der Waals surface area contributed by atoms with E-state index in [0.29, 0.717) is 43.0 Å². The van der Waals surface area contributed by atoms with Crippen molar-refractivity contribution in [2.24, 2.45) is 0 Å². The summed E-state index contributed by atoms with van der Waals surface area (Å²) in [7, 11) is 0. The number of ketones is 3. The molecule has 3 aromatic carbocycles. The van der Waals surface area contributed by atoms with Crippen molar-refractivity contribution in [1.29, 1.82) is 0 Å². The van der Waals surface area contributed by atoms with Crippen molar-refractivity contribution >= 4 is 28.9 Å². The van der Waals surface area contributed by atoms with Crippen LogP contribution in [0.4, 0.5) is 5.69 Å². The van der Waals surface area contributed by atoms with Crippen LogP contribution in [-0.2, 0) is 16.0 Å². The molecule has 0 bridgehead atoms. The van der Waals surface area contributed by atoms with E-state index >= 15 is 0 Å². The number of aryl methyl sites for hydroxylation is 1. The molecule has 1 amide bonds. The number of carbonyl (C=O) groups excluding carboxylic acids is 4. The summed E-state index contributed by atoms with van der Waals surface area (Å²) in [6.07, 6.45) is 0.0251. The van der Waals surface area contributed by atoms with E-state index in [1.165, 1.54) is 0 Å². The zero-order valence-corrected chi connectivity index (χ0v) is 20.0. The van der Waals surface area contributed by atoms with Crippen molar-refractivity contribution in [3.05, 3.63) is 99.6 Å². The van der Waals surface area contributed by atoms with E-state index in [-0.39, 0.29) is 52.7 Å². The number of rotatable bonds is 6. The summed E-state index contributed by atoms with van der Waals surface area (Å²) in [6.45, 7) is 4.70. The van der Waals surface area contributed by atoms with Gasteiger partial charge in [0.2, 0.25) is 0 Å². The molecule has 1 saturated heterocycles. The molecular weight excluding hydrogens is 456 g/mol. The fourth-order valence-electron chi connectivity index (χ4n) is 4.69. The van der Waals surface area contributed by atoms with E-state index < -0.39 is 5.91 Å². The topological polar surface area (TPSA) is 92.8 Å². The van der Waals surface area contributed by atoms with Gasteiger partial charge in [0.05, 0.1) is 31.0 Å². The normalized spacial score (nSPS) is 15.2. The first kappa shape index (κ1) is 23.8. The lowest BCUT2D eigenvalue weighted by atomic mass is 9.81. The van der Waals surface area contributed by atoms with Gasteiger partial charge in [-0.25, -0.2) is 0 Å². The molecule has 1 heterocycles. The molecule has 0 spiro atoms. The predicted molar refractivity (Wildman–Crippen MR) is 135 cm³/mol. The first-order valence-electron chi connectivity index (χ1n) is 12.0. The predicted octanol–water partition coefficient (Wildman–Crippen LogP) is 3.47. The Morgan fingerprint density at radius 2 is 1.53 bits per heavy atom. The molecule has 36 heavy (non-hydrogen) atoms. The Morgan fingerprint density at radius 3 is 2.22 bits per heavy atom. The van der Waals surface area contributed by atoms with Gasteiger partial charge in [-0.05, 0) is 30.7 Å². The fraction of sp³-hybridized carbons (Fsp3) is 0.241. The molecule has 1 aliphatic heterocycles. The van der Waals surface area contributed by atoms with Crippen LogP contribution >= 0.6 is 0 Å². The first-order valence-corrected chi connectivity index (χ1v) is 12.0. The second-order valence-corrected chi connectivity index (χ2v) is 9.15. The highest BCUT2D eigenvalue weighted by molar-refractivity contribution is 6.31. The number of nitrogens with zero attached hydrogens (tertiary/aromatic N) is 1. The molecule has 1 N–H and O–H groups in total. The first-order chi connectivity index (χ1) is 17.4. The second-order valence-electron chi connectivity index (χ2n) is 9.15. The van der Waals surface area contributed by atoms with Crippen LogP contribution in [0.25, 0.3) is 0 Å². The lowest BCUT2D eigenvalue weighted by molar-refractivity contribution is -0.120. The molecule has 1 aliphatic carbocycles. The van der Waals surface area contributed by atoms with Crippen molar-refractivity contribution in [1.82, 2.24) is 4.90 Å². The number of hydrogen-bond donors (Lipinski definition) is 1.